The van der Waals surface area contributed by atoms with Crippen molar-refractivity contribution in [2.24, 2.45) is 0 Å². The summed E-state index contributed by atoms with van der Waals surface area (Å²) in [4.78, 5) is 16.1. The molecule has 5 nitrogen and oxygen atoms in total. The van der Waals surface area contributed by atoms with Gasteiger partial charge in [0.05, 0.1) is 26.0 Å². The number of hydrogen-bond acceptors (Lipinski definition) is 4. The second kappa shape index (κ2) is 6.20. The van der Waals surface area contributed by atoms with Gasteiger partial charge in [0.2, 0.25) is 5.88 Å². The van der Waals surface area contributed by atoms with Crippen LogP contribution in [0.15, 0.2) is 30.5 Å². The van der Waals surface area contributed by atoms with Gasteiger partial charge >= 0.3 is 0 Å². The van der Waals surface area contributed by atoms with E-state index in [4.69, 9.17) is 9.47 Å². The van der Waals surface area contributed by atoms with Crippen LogP contribution in [0.1, 0.15) is 28.4 Å². The topological polar surface area (TPSA) is 60.5 Å². The zero-order valence-corrected chi connectivity index (χ0v) is 12.3. The Morgan fingerprint density at radius 2 is 2.26 bits per heavy atom. The minimum Gasteiger partial charge on any atom is -0.490 e. The van der Waals surface area contributed by atoms with Gasteiger partial charge < -0.3 is 14.8 Å². The van der Waals surface area contributed by atoms with Crippen molar-refractivity contribution >= 4 is 5.91 Å². The predicted octanol–water partition coefficient (Wildman–Crippen LogP) is 2.62. The number of benzene rings is 1. The molecule has 120 valence electrons. The lowest BCUT2D eigenvalue weighted by atomic mass is 10.00. The van der Waals surface area contributed by atoms with Gasteiger partial charge in [-0.1, -0.05) is 12.1 Å². The van der Waals surface area contributed by atoms with Crippen molar-refractivity contribution in [2.45, 2.75) is 12.5 Å². The molecule has 3 rings (SSSR count). The smallest absolute Gasteiger partial charge is 0.257 e. The number of fused-ring (bicyclic) bond motifs is 1. The lowest BCUT2D eigenvalue weighted by Crippen LogP contribution is -2.32. The van der Waals surface area contributed by atoms with E-state index in [0.29, 0.717) is 12.0 Å². The molecule has 0 spiro atoms. The number of nitrogens with zero attached hydrogens (tertiary/aromatic N) is 1. The Morgan fingerprint density at radius 1 is 1.43 bits per heavy atom. The number of hydrogen-bond donors (Lipinski definition) is 1. The van der Waals surface area contributed by atoms with E-state index in [1.54, 1.807) is 12.1 Å². The van der Waals surface area contributed by atoms with Gasteiger partial charge in [0, 0.05) is 12.0 Å². The van der Waals surface area contributed by atoms with Gasteiger partial charge in [-0.2, -0.15) is 0 Å². The number of carbonyl (C=O) groups excluding carboxylic acids is 1. The van der Waals surface area contributed by atoms with Crippen LogP contribution in [-0.4, -0.2) is 24.6 Å². The Hall–Kier alpha value is -2.70. The predicted molar refractivity (Wildman–Crippen MR) is 77.5 cm³/mol. The highest BCUT2D eigenvalue weighted by Crippen LogP contribution is 2.34. The third-order valence-electron chi connectivity index (χ3n) is 3.59. The molecule has 0 aliphatic carbocycles. The van der Waals surface area contributed by atoms with Gasteiger partial charge in [-0.15, -0.1) is 0 Å². The van der Waals surface area contributed by atoms with E-state index in [0.717, 1.165) is 12.3 Å². The number of nitrogens with one attached hydrogen (secondary N) is 1. The number of aromatic nitrogens is 1. The lowest BCUT2D eigenvalue weighted by molar-refractivity contribution is 0.0919. The molecule has 2 aromatic rings. The molecule has 7 heteroatoms. The zero-order chi connectivity index (χ0) is 16.4. The quantitative estimate of drug-likeness (QED) is 0.944. The van der Waals surface area contributed by atoms with Crippen LogP contribution in [0.4, 0.5) is 8.78 Å². The molecule has 1 aromatic carbocycles. The summed E-state index contributed by atoms with van der Waals surface area (Å²) >= 11 is 0. The molecule has 1 amide bonds. The van der Waals surface area contributed by atoms with E-state index in [1.807, 2.05) is 0 Å². The summed E-state index contributed by atoms with van der Waals surface area (Å²) in [7, 11) is 1.34. The Labute approximate surface area is 131 Å². The highest BCUT2D eigenvalue weighted by Gasteiger charge is 2.26. The maximum atomic E-state index is 13.8. The average molecular weight is 320 g/mol. The second-order valence-corrected chi connectivity index (χ2v) is 5.03. The third-order valence-corrected chi connectivity index (χ3v) is 3.59. The summed E-state index contributed by atoms with van der Waals surface area (Å²) in [6, 6.07) is 5.14. The van der Waals surface area contributed by atoms with Crippen LogP contribution >= 0.6 is 0 Å². The summed E-state index contributed by atoms with van der Waals surface area (Å²) in [6.07, 6.45) is 1.45. The summed E-state index contributed by atoms with van der Waals surface area (Å²) in [5.74, 6) is -1.51. The van der Waals surface area contributed by atoms with Crippen molar-refractivity contribution in [3.05, 3.63) is 53.2 Å². The summed E-state index contributed by atoms with van der Waals surface area (Å²) in [5, 5.41) is 2.75. The zero-order valence-electron chi connectivity index (χ0n) is 12.3. The maximum absolute atomic E-state index is 13.8. The van der Waals surface area contributed by atoms with E-state index in [2.05, 4.69) is 10.3 Å². The maximum Gasteiger partial charge on any atom is 0.257 e. The molecule has 1 N–H and O–H groups in total. The molecule has 1 atom stereocenters. The van der Waals surface area contributed by atoms with Crippen LogP contribution in [0, 0.1) is 11.6 Å². The summed E-state index contributed by atoms with van der Waals surface area (Å²) < 4.78 is 37.4. The largest absolute Gasteiger partial charge is 0.490 e. The molecular weight excluding hydrogens is 306 g/mol. The van der Waals surface area contributed by atoms with E-state index in [1.165, 1.54) is 13.2 Å². The molecule has 23 heavy (non-hydrogen) atoms. The monoisotopic (exact) mass is 320 g/mol. The molecule has 0 saturated heterocycles. The number of ether oxygens (including phenoxy) is 2. The van der Waals surface area contributed by atoms with Gasteiger partial charge in [-0.05, 0) is 12.1 Å². The van der Waals surface area contributed by atoms with Gasteiger partial charge in [0.25, 0.3) is 5.91 Å². The molecule has 1 aliphatic heterocycles. The number of methoxy groups -OCH3 is 1. The molecule has 0 fully saturated rings. The first-order chi connectivity index (χ1) is 11.1. The van der Waals surface area contributed by atoms with Gasteiger partial charge in [0.1, 0.15) is 11.4 Å². The number of rotatable bonds is 3. The first-order valence-electron chi connectivity index (χ1n) is 7.01. The first-order valence-corrected chi connectivity index (χ1v) is 7.01. The minimum atomic E-state index is -0.644. The lowest BCUT2D eigenvalue weighted by Gasteiger charge is -2.27. The molecule has 1 aromatic heterocycles. The van der Waals surface area contributed by atoms with Crippen molar-refractivity contribution in [3.63, 3.8) is 0 Å². The second-order valence-electron chi connectivity index (χ2n) is 5.03. The average Bonchev–Trinajstić information content (AvgIpc) is 2.56. The third kappa shape index (κ3) is 2.94. The van der Waals surface area contributed by atoms with Crippen LogP contribution < -0.4 is 14.8 Å². The number of halogens is 2. The fourth-order valence-electron chi connectivity index (χ4n) is 2.52. The summed E-state index contributed by atoms with van der Waals surface area (Å²) in [5.41, 5.74) is 0.532. The highest BCUT2D eigenvalue weighted by molar-refractivity contribution is 5.96. The van der Waals surface area contributed by atoms with E-state index < -0.39 is 23.6 Å². The molecule has 0 bridgehead atoms. The SMILES string of the molecule is COc1ncc(F)cc1C(=O)NC1CCOc2c(F)cccc21. The Morgan fingerprint density at radius 3 is 3.04 bits per heavy atom. The fraction of sp³-hybridized carbons (Fsp3) is 0.250. The molecule has 1 aliphatic rings. The highest BCUT2D eigenvalue weighted by atomic mass is 19.1. The van der Waals surface area contributed by atoms with Crippen LogP contribution in [0.25, 0.3) is 0 Å². The Kier molecular flexibility index (Phi) is 4.10. The van der Waals surface area contributed by atoms with Crippen molar-refractivity contribution < 1.29 is 23.0 Å². The van der Waals surface area contributed by atoms with E-state index in [-0.39, 0.29) is 23.8 Å². The van der Waals surface area contributed by atoms with Crippen LogP contribution in [-0.2, 0) is 0 Å². The molecule has 1 unspecified atom stereocenters. The van der Waals surface area contributed by atoms with Crippen LogP contribution in [0.3, 0.4) is 0 Å². The molecule has 0 saturated carbocycles. The van der Waals surface area contributed by atoms with Crippen molar-refractivity contribution in [2.75, 3.05) is 13.7 Å². The van der Waals surface area contributed by atoms with Crippen molar-refractivity contribution in [3.8, 4) is 11.6 Å². The van der Waals surface area contributed by atoms with Crippen LogP contribution in [0.5, 0.6) is 11.6 Å². The Bertz CT molecular complexity index is 752. The van der Waals surface area contributed by atoms with Crippen LogP contribution in [0.2, 0.25) is 0 Å². The normalized spacial score (nSPS) is 16.2. The van der Waals surface area contributed by atoms with Gasteiger partial charge in [-0.25, -0.2) is 13.8 Å². The van der Waals surface area contributed by atoms with E-state index in [9.17, 15) is 13.6 Å². The Balaban J connectivity index is 1.88. The number of amides is 1. The number of carbonyl (C=O) groups is 1. The van der Waals surface area contributed by atoms with Crippen molar-refractivity contribution in [1.82, 2.24) is 10.3 Å². The van der Waals surface area contributed by atoms with Gasteiger partial charge in [0.15, 0.2) is 11.6 Å². The number of pyridine rings is 1. The standard InChI is InChI=1S/C16H14F2N2O3/c1-22-16-11(7-9(17)8-19-16)15(21)20-13-5-6-23-14-10(13)3-2-4-12(14)18/h2-4,7-8,13H,5-6H2,1H3,(H,20,21). The molecule has 2 heterocycles. The van der Waals surface area contributed by atoms with Crippen molar-refractivity contribution in [1.29, 1.82) is 0 Å². The minimum absolute atomic E-state index is 0.0167. The number of para-hydroxylation sites is 1. The molecular formula is C16H14F2N2O3. The van der Waals surface area contributed by atoms with E-state index >= 15 is 0 Å². The fourth-order valence-corrected chi connectivity index (χ4v) is 2.52. The first kappa shape index (κ1) is 15.2. The van der Waals surface area contributed by atoms with Gasteiger partial charge in [-0.3, -0.25) is 4.79 Å². The summed E-state index contributed by atoms with van der Waals surface area (Å²) in [6.45, 7) is 0.275. The molecule has 0 radical (unpaired) electrons.